The molecule has 0 amide bonds. The Labute approximate surface area is 119 Å². The summed E-state index contributed by atoms with van der Waals surface area (Å²) in [5.74, 6) is -0.0128. The van der Waals surface area contributed by atoms with Crippen molar-refractivity contribution in [1.29, 1.82) is 0 Å². The summed E-state index contributed by atoms with van der Waals surface area (Å²) in [7, 11) is -3.35. The van der Waals surface area contributed by atoms with Gasteiger partial charge in [0.25, 0.3) is 0 Å². The summed E-state index contributed by atoms with van der Waals surface area (Å²) in [6, 6.07) is 6.95. The second-order valence-electron chi connectivity index (χ2n) is 5.84. The van der Waals surface area contributed by atoms with Gasteiger partial charge in [-0.15, -0.1) is 0 Å². The maximum atomic E-state index is 12.6. The molecule has 2 saturated heterocycles. The lowest BCUT2D eigenvalue weighted by molar-refractivity contribution is 0.0768. The number of nitrogens with zero attached hydrogens (tertiary/aromatic N) is 1. The van der Waals surface area contributed by atoms with E-state index in [2.05, 4.69) is 0 Å². The largest absolute Gasteiger partial charge is 0.399 e. The van der Waals surface area contributed by atoms with Crippen molar-refractivity contribution < 1.29 is 13.5 Å². The topological polar surface area (TPSA) is 83.6 Å². The van der Waals surface area contributed by atoms with Gasteiger partial charge in [-0.2, -0.15) is 4.31 Å². The minimum atomic E-state index is -3.35. The number of fused-ring (bicyclic) bond motifs is 2. The second kappa shape index (κ2) is 5.02. The zero-order valence-corrected chi connectivity index (χ0v) is 12.1. The number of rotatable bonds is 3. The summed E-state index contributed by atoms with van der Waals surface area (Å²) >= 11 is 0. The standard InChI is InChI=1S/C14H20N2O3S/c15-11-3-1-2-10(6-11)9-20(18,19)16-12-4-5-13(16)8-14(17)7-12/h1-3,6,12-14,17H,4-5,7-9,15H2. The van der Waals surface area contributed by atoms with Crippen molar-refractivity contribution in [3.05, 3.63) is 29.8 Å². The SMILES string of the molecule is Nc1cccc(CS(=O)(=O)N2C3CCC2CC(O)C3)c1. The van der Waals surface area contributed by atoms with E-state index in [0.29, 0.717) is 18.5 Å². The minimum Gasteiger partial charge on any atom is -0.399 e. The molecule has 2 heterocycles. The molecule has 6 heteroatoms. The third-order valence-electron chi connectivity index (χ3n) is 4.26. The van der Waals surface area contributed by atoms with E-state index in [9.17, 15) is 13.5 Å². The molecule has 3 N–H and O–H groups in total. The highest BCUT2D eigenvalue weighted by atomic mass is 32.2. The van der Waals surface area contributed by atoms with E-state index in [1.807, 2.05) is 0 Å². The van der Waals surface area contributed by atoms with Gasteiger partial charge in [0, 0.05) is 17.8 Å². The Morgan fingerprint density at radius 3 is 2.50 bits per heavy atom. The van der Waals surface area contributed by atoms with Crippen LogP contribution in [0.5, 0.6) is 0 Å². The average Bonchev–Trinajstić information content (AvgIpc) is 2.63. The Hall–Kier alpha value is -1.11. The third kappa shape index (κ3) is 2.55. The van der Waals surface area contributed by atoms with E-state index in [0.717, 1.165) is 18.4 Å². The van der Waals surface area contributed by atoms with Crippen molar-refractivity contribution in [1.82, 2.24) is 4.31 Å². The Balaban J connectivity index is 1.82. The van der Waals surface area contributed by atoms with Crippen molar-refractivity contribution >= 4 is 15.7 Å². The number of hydrogen-bond acceptors (Lipinski definition) is 4. The minimum absolute atomic E-state index is 0.0128. The zero-order chi connectivity index (χ0) is 14.3. The third-order valence-corrected chi connectivity index (χ3v) is 6.20. The summed E-state index contributed by atoms with van der Waals surface area (Å²) < 4.78 is 26.9. The first-order chi connectivity index (χ1) is 9.45. The lowest BCUT2D eigenvalue weighted by atomic mass is 10.0. The molecule has 0 spiro atoms. The molecule has 0 aliphatic carbocycles. The van der Waals surface area contributed by atoms with Gasteiger partial charge in [-0.05, 0) is 43.4 Å². The Kier molecular flexibility index (Phi) is 3.48. The normalized spacial score (nSPS) is 30.6. The van der Waals surface area contributed by atoms with Crippen LogP contribution in [-0.2, 0) is 15.8 Å². The predicted octanol–water partition coefficient (Wildman–Crippen LogP) is 1.09. The van der Waals surface area contributed by atoms with Crippen molar-refractivity contribution in [2.45, 2.75) is 49.6 Å². The quantitative estimate of drug-likeness (QED) is 0.818. The molecule has 110 valence electrons. The first-order valence-corrected chi connectivity index (χ1v) is 8.60. The van der Waals surface area contributed by atoms with Crippen molar-refractivity contribution in [3.63, 3.8) is 0 Å². The number of hydrogen-bond donors (Lipinski definition) is 2. The fourth-order valence-corrected chi connectivity index (χ4v) is 5.57. The Morgan fingerprint density at radius 2 is 1.90 bits per heavy atom. The first kappa shape index (κ1) is 13.9. The van der Waals surface area contributed by atoms with Crippen LogP contribution in [0.3, 0.4) is 0 Å². The Bertz CT molecular complexity index is 588. The van der Waals surface area contributed by atoms with E-state index in [-0.39, 0.29) is 23.9 Å². The van der Waals surface area contributed by atoms with Gasteiger partial charge in [0.1, 0.15) is 0 Å². The number of nitrogen functional groups attached to an aromatic ring is 1. The molecule has 2 unspecified atom stereocenters. The number of piperidine rings is 1. The van der Waals surface area contributed by atoms with Crippen molar-refractivity contribution in [2.24, 2.45) is 0 Å². The van der Waals surface area contributed by atoms with Crippen LogP contribution in [0.15, 0.2) is 24.3 Å². The lowest BCUT2D eigenvalue weighted by Gasteiger charge is -2.36. The lowest BCUT2D eigenvalue weighted by Crippen LogP contribution is -2.48. The van der Waals surface area contributed by atoms with Crippen LogP contribution in [0, 0.1) is 0 Å². The highest BCUT2D eigenvalue weighted by Crippen LogP contribution is 2.38. The molecule has 2 fully saturated rings. The van der Waals surface area contributed by atoms with Gasteiger partial charge in [-0.25, -0.2) is 8.42 Å². The number of nitrogens with two attached hydrogens (primary N) is 1. The Morgan fingerprint density at radius 1 is 1.25 bits per heavy atom. The maximum Gasteiger partial charge on any atom is 0.218 e. The van der Waals surface area contributed by atoms with E-state index < -0.39 is 10.0 Å². The molecule has 2 atom stereocenters. The summed E-state index contributed by atoms with van der Waals surface area (Å²) in [6.45, 7) is 0. The summed E-state index contributed by atoms with van der Waals surface area (Å²) in [6.07, 6.45) is 2.49. The van der Waals surface area contributed by atoms with Gasteiger partial charge >= 0.3 is 0 Å². The molecular weight excluding hydrogens is 276 g/mol. The number of aliphatic hydroxyl groups is 1. The molecule has 0 saturated carbocycles. The molecule has 0 aromatic heterocycles. The first-order valence-electron chi connectivity index (χ1n) is 6.99. The molecule has 2 bridgehead atoms. The predicted molar refractivity (Wildman–Crippen MR) is 77.4 cm³/mol. The molecule has 2 aliphatic heterocycles. The fourth-order valence-electron chi connectivity index (χ4n) is 3.53. The van der Waals surface area contributed by atoms with Crippen molar-refractivity contribution in [2.75, 3.05) is 5.73 Å². The van der Waals surface area contributed by atoms with E-state index in [1.54, 1.807) is 28.6 Å². The number of anilines is 1. The zero-order valence-electron chi connectivity index (χ0n) is 11.3. The fraction of sp³-hybridized carbons (Fsp3) is 0.571. The highest BCUT2D eigenvalue weighted by Gasteiger charge is 2.46. The molecule has 2 aliphatic rings. The second-order valence-corrected chi connectivity index (χ2v) is 7.72. The van der Waals surface area contributed by atoms with Crippen LogP contribution in [-0.4, -0.2) is 36.0 Å². The molecule has 1 aromatic rings. The number of benzene rings is 1. The van der Waals surface area contributed by atoms with Gasteiger partial charge in [-0.3, -0.25) is 0 Å². The van der Waals surface area contributed by atoms with Crippen molar-refractivity contribution in [3.8, 4) is 0 Å². The summed E-state index contributed by atoms with van der Waals surface area (Å²) in [5.41, 5.74) is 7.00. The molecule has 5 nitrogen and oxygen atoms in total. The van der Waals surface area contributed by atoms with Crippen LogP contribution in [0.25, 0.3) is 0 Å². The average molecular weight is 296 g/mol. The van der Waals surface area contributed by atoms with E-state index in [1.165, 1.54) is 0 Å². The van der Waals surface area contributed by atoms with Gasteiger partial charge < -0.3 is 10.8 Å². The highest BCUT2D eigenvalue weighted by molar-refractivity contribution is 7.88. The molecule has 1 aromatic carbocycles. The molecule has 0 radical (unpaired) electrons. The van der Waals surface area contributed by atoms with Gasteiger partial charge in [0.2, 0.25) is 10.0 Å². The number of sulfonamides is 1. The van der Waals surface area contributed by atoms with Crippen LogP contribution < -0.4 is 5.73 Å². The van der Waals surface area contributed by atoms with E-state index in [4.69, 9.17) is 5.73 Å². The summed E-state index contributed by atoms with van der Waals surface area (Å²) in [5, 5.41) is 9.76. The van der Waals surface area contributed by atoms with Gasteiger partial charge in [0.05, 0.1) is 11.9 Å². The van der Waals surface area contributed by atoms with Crippen LogP contribution >= 0.6 is 0 Å². The van der Waals surface area contributed by atoms with Crippen LogP contribution in [0.4, 0.5) is 5.69 Å². The van der Waals surface area contributed by atoms with Crippen LogP contribution in [0.2, 0.25) is 0 Å². The monoisotopic (exact) mass is 296 g/mol. The number of aliphatic hydroxyl groups excluding tert-OH is 1. The van der Waals surface area contributed by atoms with E-state index >= 15 is 0 Å². The molecule has 3 rings (SSSR count). The smallest absolute Gasteiger partial charge is 0.218 e. The van der Waals surface area contributed by atoms with Gasteiger partial charge in [-0.1, -0.05) is 12.1 Å². The molecule has 20 heavy (non-hydrogen) atoms. The summed E-state index contributed by atoms with van der Waals surface area (Å²) in [4.78, 5) is 0. The van der Waals surface area contributed by atoms with Gasteiger partial charge in [0.15, 0.2) is 0 Å². The van der Waals surface area contributed by atoms with Crippen LogP contribution in [0.1, 0.15) is 31.2 Å². The maximum absolute atomic E-state index is 12.6. The molecular formula is C14H20N2O3S.